The molecule has 0 saturated heterocycles. The van der Waals surface area contributed by atoms with Gasteiger partial charge >= 0.3 is 0 Å². The molecule has 0 amide bonds. The molecule has 1 aliphatic rings. The molecule has 0 aromatic heterocycles. The van der Waals surface area contributed by atoms with Crippen molar-refractivity contribution in [3.05, 3.63) is 34.9 Å². The minimum Gasteiger partial charge on any atom is -0.207 e. The minimum absolute atomic E-state index is 0.269. The molecule has 3 heteroatoms. The Kier molecular flexibility index (Phi) is 4.60. The number of halogens is 3. The van der Waals surface area contributed by atoms with E-state index in [1.54, 1.807) is 6.92 Å². The van der Waals surface area contributed by atoms with E-state index in [0.29, 0.717) is 11.1 Å². The van der Waals surface area contributed by atoms with Gasteiger partial charge < -0.3 is 0 Å². The highest BCUT2D eigenvalue weighted by Crippen LogP contribution is 2.39. The second kappa shape index (κ2) is 6.01. The topological polar surface area (TPSA) is 0 Å². The van der Waals surface area contributed by atoms with Gasteiger partial charge in [0.25, 0.3) is 0 Å². The van der Waals surface area contributed by atoms with Crippen LogP contribution in [0.4, 0.5) is 8.78 Å². The van der Waals surface area contributed by atoms with Gasteiger partial charge in [-0.2, -0.15) is 0 Å². The fourth-order valence-corrected chi connectivity index (χ4v) is 3.15. The van der Waals surface area contributed by atoms with Gasteiger partial charge in [0.05, 0.1) is 5.38 Å². The molecule has 0 aliphatic heterocycles. The molecule has 1 aliphatic carbocycles. The summed E-state index contributed by atoms with van der Waals surface area (Å²) in [4.78, 5) is 0. The third-order valence-corrected chi connectivity index (χ3v) is 4.48. The van der Waals surface area contributed by atoms with Crippen LogP contribution in [0, 0.1) is 24.5 Å². The van der Waals surface area contributed by atoms with Crippen LogP contribution in [0.25, 0.3) is 0 Å². The quantitative estimate of drug-likeness (QED) is 0.491. The first-order valence-corrected chi connectivity index (χ1v) is 7.13. The van der Waals surface area contributed by atoms with Crippen molar-refractivity contribution in [3.63, 3.8) is 0 Å². The second-order valence-electron chi connectivity index (χ2n) is 5.28. The molecule has 0 N–H and O–H groups in total. The Morgan fingerprint density at radius 3 is 2.28 bits per heavy atom. The molecule has 1 aromatic carbocycles. The number of alkyl halides is 1. The Labute approximate surface area is 112 Å². The van der Waals surface area contributed by atoms with Gasteiger partial charge in [0.1, 0.15) is 11.6 Å². The van der Waals surface area contributed by atoms with Crippen LogP contribution < -0.4 is 0 Å². The largest absolute Gasteiger partial charge is 0.207 e. The van der Waals surface area contributed by atoms with Crippen LogP contribution in [-0.2, 0) is 0 Å². The molecule has 100 valence electrons. The zero-order valence-electron chi connectivity index (χ0n) is 10.7. The lowest BCUT2D eigenvalue weighted by Crippen LogP contribution is -2.09. The van der Waals surface area contributed by atoms with Gasteiger partial charge in [-0.15, -0.1) is 11.6 Å². The zero-order chi connectivity index (χ0) is 13.1. The van der Waals surface area contributed by atoms with E-state index in [2.05, 4.69) is 0 Å². The molecule has 18 heavy (non-hydrogen) atoms. The first-order chi connectivity index (χ1) is 8.59. The third-order valence-electron chi connectivity index (χ3n) is 3.89. The molecular weight excluding hydrogens is 254 g/mol. The summed E-state index contributed by atoms with van der Waals surface area (Å²) in [5.74, 6) is -0.477. The molecule has 1 saturated carbocycles. The lowest BCUT2D eigenvalue weighted by molar-refractivity contribution is 0.433. The summed E-state index contributed by atoms with van der Waals surface area (Å²) in [5, 5.41) is -0.404. The predicted octanol–water partition coefficient (Wildman–Crippen LogP) is 5.52. The Hall–Kier alpha value is -0.630. The van der Waals surface area contributed by atoms with E-state index in [1.807, 2.05) is 0 Å². The van der Waals surface area contributed by atoms with Crippen molar-refractivity contribution in [2.45, 2.75) is 50.8 Å². The van der Waals surface area contributed by atoms with Crippen LogP contribution in [0.3, 0.4) is 0 Å². The first-order valence-electron chi connectivity index (χ1n) is 6.69. The highest BCUT2D eigenvalue weighted by Gasteiger charge is 2.25. The fourth-order valence-electron chi connectivity index (χ4n) is 2.73. The molecule has 1 fully saturated rings. The standard InChI is InChI=1S/C15H19ClF2/c1-10-8-14(18)12(9-13(10)17)15(16)11-6-4-2-3-5-7-11/h8-9,11,15H,2-7H2,1H3. The molecule has 0 radical (unpaired) electrons. The second-order valence-corrected chi connectivity index (χ2v) is 5.75. The van der Waals surface area contributed by atoms with Gasteiger partial charge in [0, 0.05) is 5.56 Å². The van der Waals surface area contributed by atoms with Crippen molar-refractivity contribution >= 4 is 11.6 Å². The molecular formula is C15H19ClF2. The highest BCUT2D eigenvalue weighted by molar-refractivity contribution is 6.21. The predicted molar refractivity (Wildman–Crippen MR) is 70.9 cm³/mol. The summed E-state index contributed by atoms with van der Waals surface area (Å²) >= 11 is 6.38. The van der Waals surface area contributed by atoms with Crippen LogP contribution in [0.5, 0.6) is 0 Å². The SMILES string of the molecule is Cc1cc(F)c(C(Cl)C2CCCCCC2)cc1F. The van der Waals surface area contributed by atoms with Gasteiger partial charge in [-0.3, -0.25) is 0 Å². The zero-order valence-corrected chi connectivity index (χ0v) is 11.4. The van der Waals surface area contributed by atoms with E-state index >= 15 is 0 Å². The molecule has 0 bridgehead atoms. The maximum absolute atomic E-state index is 13.9. The summed E-state index contributed by atoms with van der Waals surface area (Å²) < 4.78 is 27.4. The molecule has 0 spiro atoms. The van der Waals surface area contributed by atoms with E-state index in [4.69, 9.17) is 11.6 Å². The summed E-state index contributed by atoms with van der Waals surface area (Å²) in [5.41, 5.74) is 0.660. The van der Waals surface area contributed by atoms with Gasteiger partial charge in [0.15, 0.2) is 0 Å². The molecule has 1 atom stereocenters. The monoisotopic (exact) mass is 272 g/mol. The number of hydrogen-bond donors (Lipinski definition) is 0. The van der Waals surface area contributed by atoms with Crippen LogP contribution in [0.15, 0.2) is 12.1 Å². The third kappa shape index (κ3) is 3.03. The van der Waals surface area contributed by atoms with Crippen LogP contribution in [-0.4, -0.2) is 0 Å². The van der Waals surface area contributed by atoms with Crippen molar-refractivity contribution in [2.24, 2.45) is 5.92 Å². The average Bonchev–Trinajstić information content (AvgIpc) is 2.61. The van der Waals surface area contributed by atoms with Gasteiger partial charge in [-0.25, -0.2) is 8.78 Å². The van der Waals surface area contributed by atoms with Crippen molar-refractivity contribution in [1.29, 1.82) is 0 Å². The smallest absolute Gasteiger partial charge is 0.128 e. The Bertz CT molecular complexity index is 409. The maximum Gasteiger partial charge on any atom is 0.128 e. The number of hydrogen-bond acceptors (Lipinski definition) is 0. The lowest BCUT2D eigenvalue weighted by atomic mass is 9.91. The Morgan fingerprint density at radius 2 is 1.67 bits per heavy atom. The summed E-state index contributed by atoms with van der Waals surface area (Å²) in [7, 11) is 0. The molecule has 1 aromatic rings. The summed E-state index contributed by atoms with van der Waals surface area (Å²) in [6.07, 6.45) is 6.77. The maximum atomic E-state index is 13.9. The first kappa shape index (κ1) is 13.8. The summed E-state index contributed by atoms with van der Waals surface area (Å²) in [6.45, 7) is 1.57. The number of aryl methyl sites for hydroxylation is 1. The average molecular weight is 273 g/mol. The molecule has 0 heterocycles. The van der Waals surface area contributed by atoms with Gasteiger partial charge in [-0.1, -0.05) is 25.7 Å². The van der Waals surface area contributed by atoms with Crippen molar-refractivity contribution in [2.75, 3.05) is 0 Å². The number of rotatable bonds is 2. The Balaban J connectivity index is 2.21. The van der Waals surface area contributed by atoms with Crippen molar-refractivity contribution < 1.29 is 8.78 Å². The lowest BCUT2D eigenvalue weighted by Gasteiger charge is -2.21. The molecule has 0 nitrogen and oxygen atoms in total. The van der Waals surface area contributed by atoms with Gasteiger partial charge in [-0.05, 0) is 43.4 Å². The molecule has 2 rings (SSSR count). The van der Waals surface area contributed by atoms with E-state index in [9.17, 15) is 8.78 Å². The fraction of sp³-hybridized carbons (Fsp3) is 0.600. The number of benzene rings is 1. The van der Waals surface area contributed by atoms with E-state index < -0.39 is 5.38 Å². The van der Waals surface area contributed by atoms with Crippen LogP contribution in [0.1, 0.15) is 55.0 Å². The summed E-state index contributed by atoms with van der Waals surface area (Å²) in [6, 6.07) is 2.52. The normalized spacial score (nSPS) is 19.6. The Morgan fingerprint density at radius 1 is 1.06 bits per heavy atom. The minimum atomic E-state index is -0.404. The van der Waals surface area contributed by atoms with Gasteiger partial charge in [0.2, 0.25) is 0 Å². The van der Waals surface area contributed by atoms with E-state index in [1.165, 1.54) is 25.0 Å². The highest BCUT2D eigenvalue weighted by atomic mass is 35.5. The van der Waals surface area contributed by atoms with Crippen molar-refractivity contribution in [1.82, 2.24) is 0 Å². The van der Waals surface area contributed by atoms with Crippen molar-refractivity contribution in [3.8, 4) is 0 Å². The molecule has 1 unspecified atom stereocenters. The van der Waals surface area contributed by atoms with Crippen LogP contribution in [0.2, 0.25) is 0 Å². The van der Waals surface area contributed by atoms with E-state index in [0.717, 1.165) is 25.7 Å². The van der Waals surface area contributed by atoms with Crippen LogP contribution >= 0.6 is 11.6 Å². The van der Waals surface area contributed by atoms with E-state index in [-0.39, 0.29) is 17.6 Å².